The van der Waals surface area contributed by atoms with Crippen molar-refractivity contribution in [2.45, 2.75) is 18.4 Å². The molecular formula is C19H18N2O6S3. The normalized spacial score (nSPS) is 20.8. The number of thioether (sulfide) groups is 2. The van der Waals surface area contributed by atoms with E-state index in [4.69, 9.17) is 17.3 Å². The largest absolute Gasteiger partial charge is 0.480 e. The lowest BCUT2D eigenvalue weighted by Gasteiger charge is -2.22. The number of carbonyl (C=O) groups is 4. The molecule has 1 saturated heterocycles. The molecule has 1 fully saturated rings. The summed E-state index contributed by atoms with van der Waals surface area (Å²) < 4.78 is 0.126. The number of para-hydroxylation sites is 1. The van der Waals surface area contributed by atoms with Gasteiger partial charge in [0.25, 0.3) is 5.91 Å². The highest BCUT2D eigenvalue weighted by Gasteiger charge is 2.43. The molecule has 8 nitrogen and oxygen atoms in total. The second kappa shape index (κ2) is 9.19. The van der Waals surface area contributed by atoms with E-state index in [0.29, 0.717) is 17.0 Å². The number of rotatable bonds is 8. The predicted octanol–water partition coefficient (Wildman–Crippen LogP) is 2.15. The highest BCUT2D eigenvalue weighted by Crippen LogP contribution is 2.41. The summed E-state index contributed by atoms with van der Waals surface area (Å²) in [5.74, 6) is -3.60. The quantitative estimate of drug-likeness (QED) is 0.439. The van der Waals surface area contributed by atoms with E-state index in [1.54, 1.807) is 24.3 Å². The van der Waals surface area contributed by atoms with Crippen molar-refractivity contribution in [2.24, 2.45) is 0 Å². The van der Waals surface area contributed by atoms with Gasteiger partial charge in [0, 0.05) is 5.69 Å². The summed E-state index contributed by atoms with van der Waals surface area (Å²) in [6, 6.07) is 5.70. The Morgan fingerprint density at radius 2 is 2.00 bits per heavy atom. The molecule has 0 bridgehead atoms. The highest BCUT2D eigenvalue weighted by atomic mass is 32.2. The molecule has 0 spiro atoms. The van der Waals surface area contributed by atoms with Gasteiger partial charge in [-0.2, -0.15) is 11.8 Å². The van der Waals surface area contributed by atoms with Crippen molar-refractivity contribution in [1.82, 2.24) is 4.90 Å². The molecule has 0 aromatic heterocycles. The van der Waals surface area contributed by atoms with Gasteiger partial charge in [0.15, 0.2) is 0 Å². The number of fused-ring (bicyclic) bond motifs is 1. The molecule has 2 N–H and O–H groups in total. The first kappa shape index (κ1) is 22.3. The standard InChI is InChI=1S/C19H18N2O6S3/c1-29-7-6-13(18(26)27)21-17(25)14(30-19(21)28)8-11-10-4-2-3-5-12(10)20(16(11)24)9-15(22)23/h2-5,8,11,13H,6-7,9H2,1H3,(H,22,23)(H,26,27)/b14-8-/t11-,13-/m1/s1. The van der Waals surface area contributed by atoms with Crippen LogP contribution in [0.5, 0.6) is 0 Å². The maximum absolute atomic E-state index is 13.0. The van der Waals surface area contributed by atoms with Crippen LogP contribution in [0, 0.1) is 0 Å². The van der Waals surface area contributed by atoms with Crippen LogP contribution in [0.15, 0.2) is 35.2 Å². The van der Waals surface area contributed by atoms with Gasteiger partial charge in [-0.1, -0.05) is 42.2 Å². The summed E-state index contributed by atoms with van der Waals surface area (Å²) in [6.07, 6.45) is 3.54. The van der Waals surface area contributed by atoms with E-state index in [1.165, 1.54) is 17.8 Å². The smallest absolute Gasteiger partial charge is 0.326 e. The first-order chi connectivity index (χ1) is 14.3. The van der Waals surface area contributed by atoms with Crippen molar-refractivity contribution in [3.05, 3.63) is 40.8 Å². The predicted molar refractivity (Wildman–Crippen MR) is 119 cm³/mol. The SMILES string of the molecule is CSCC[C@H](C(=O)O)N1C(=O)/C(=C/[C@H]2C(=O)N(CC(=O)O)c3ccccc32)SC1=S. The van der Waals surface area contributed by atoms with Crippen LogP contribution < -0.4 is 4.90 Å². The van der Waals surface area contributed by atoms with Gasteiger partial charge in [-0.05, 0) is 36.1 Å². The van der Waals surface area contributed by atoms with Crippen molar-refractivity contribution >= 4 is 69.5 Å². The van der Waals surface area contributed by atoms with Gasteiger partial charge in [-0.25, -0.2) is 4.79 Å². The lowest BCUT2D eigenvalue weighted by molar-refractivity contribution is -0.145. The lowest BCUT2D eigenvalue weighted by Crippen LogP contribution is -2.44. The number of nitrogens with zero attached hydrogens (tertiary/aromatic N) is 2. The van der Waals surface area contributed by atoms with E-state index in [-0.39, 0.29) is 15.6 Å². The number of amides is 2. The molecule has 0 radical (unpaired) electrons. The fourth-order valence-corrected chi connectivity index (χ4v) is 5.21. The Morgan fingerprint density at radius 1 is 1.30 bits per heavy atom. The molecule has 11 heteroatoms. The van der Waals surface area contributed by atoms with Gasteiger partial charge >= 0.3 is 11.9 Å². The number of carboxylic acid groups (broad SMARTS) is 2. The third-order valence-corrected chi connectivity index (χ3v) is 6.71. The minimum Gasteiger partial charge on any atom is -0.480 e. The van der Waals surface area contributed by atoms with Crippen LogP contribution >= 0.6 is 35.7 Å². The van der Waals surface area contributed by atoms with Crippen LogP contribution in [0.25, 0.3) is 0 Å². The molecule has 2 aliphatic rings. The number of hydrogen-bond acceptors (Lipinski definition) is 7. The number of hydrogen-bond donors (Lipinski definition) is 2. The summed E-state index contributed by atoms with van der Waals surface area (Å²) in [5, 5.41) is 18.7. The summed E-state index contributed by atoms with van der Waals surface area (Å²) >= 11 is 7.67. The third-order valence-electron chi connectivity index (χ3n) is 4.72. The molecule has 1 aromatic rings. The lowest BCUT2D eigenvalue weighted by atomic mass is 10.00. The Hall–Kier alpha value is -2.37. The van der Waals surface area contributed by atoms with Crippen LogP contribution in [0.1, 0.15) is 17.9 Å². The zero-order valence-electron chi connectivity index (χ0n) is 15.8. The van der Waals surface area contributed by atoms with Crippen molar-refractivity contribution < 1.29 is 29.4 Å². The highest BCUT2D eigenvalue weighted by molar-refractivity contribution is 8.26. The molecule has 30 heavy (non-hydrogen) atoms. The molecule has 0 saturated carbocycles. The van der Waals surface area contributed by atoms with Crippen molar-refractivity contribution in [1.29, 1.82) is 0 Å². The van der Waals surface area contributed by atoms with Gasteiger partial charge in [-0.15, -0.1) is 0 Å². The zero-order valence-corrected chi connectivity index (χ0v) is 18.3. The second-order valence-electron chi connectivity index (χ2n) is 6.56. The molecule has 0 aliphatic carbocycles. The van der Waals surface area contributed by atoms with E-state index in [9.17, 15) is 24.3 Å². The first-order valence-electron chi connectivity index (χ1n) is 8.87. The Labute approximate surface area is 186 Å². The van der Waals surface area contributed by atoms with Crippen LogP contribution in [-0.4, -0.2) is 67.8 Å². The summed E-state index contributed by atoms with van der Waals surface area (Å²) in [7, 11) is 0. The van der Waals surface area contributed by atoms with Gasteiger partial charge in [-0.3, -0.25) is 19.3 Å². The van der Waals surface area contributed by atoms with Gasteiger partial charge < -0.3 is 15.1 Å². The number of aliphatic carboxylic acids is 2. The van der Waals surface area contributed by atoms with Crippen LogP contribution in [0.4, 0.5) is 5.69 Å². The first-order valence-corrected chi connectivity index (χ1v) is 11.5. The minimum atomic E-state index is -1.15. The van der Waals surface area contributed by atoms with E-state index in [2.05, 4.69) is 0 Å². The topological polar surface area (TPSA) is 115 Å². The van der Waals surface area contributed by atoms with Crippen molar-refractivity contribution in [3.8, 4) is 0 Å². The zero-order chi connectivity index (χ0) is 22.0. The van der Waals surface area contributed by atoms with E-state index in [0.717, 1.165) is 21.6 Å². The average Bonchev–Trinajstić information content (AvgIpc) is 3.11. The third kappa shape index (κ3) is 4.23. The summed E-state index contributed by atoms with van der Waals surface area (Å²) in [4.78, 5) is 51.1. The molecule has 2 amide bonds. The summed E-state index contributed by atoms with van der Waals surface area (Å²) in [5.41, 5.74) is 1.07. The molecular weight excluding hydrogens is 448 g/mol. The van der Waals surface area contributed by atoms with Crippen LogP contribution in [-0.2, 0) is 19.2 Å². The number of anilines is 1. The molecule has 2 aliphatic heterocycles. The fraction of sp³-hybridized carbons (Fsp3) is 0.316. The van der Waals surface area contributed by atoms with E-state index >= 15 is 0 Å². The molecule has 0 unspecified atom stereocenters. The van der Waals surface area contributed by atoms with Gasteiger partial charge in [0.05, 0.1) is 10.8 Å². The number of carbonyl (C=O) groups excluding carboxylic acids is 2. The molecule has 3 rings (SSSR count). The maximum atomic E-state index is 13.0. The monoisotopic (exact) mass is 466 g/mol. The number of carboxylic acids is 2. The van der Waals surface area contributed by atoms with Crippen LogP contribution in [0.3, 0.4) is 0 Å². The maximum Gasteiger partial charge on any atom is 0.326 e. The molecule has 2 heterocycles. The van der Waals surface area contributed by atoms with E-state index < -0.39 is 42.3 Å². The van der Waals surface area contributed by atoms with Crippen molar-refractivity contribution in [2.75, 3.05) is 23.5 Å². The fourth-order valence-electron chi connectivity index (χ4n) is 3.38. The minimum absolute atomic E-state index is 0.126. The number of thiocarbonyl (C=S) groups is 1. The average molecular weight is 467 g/mol. The van der Waals surface area contributed by atoms with E-state index in [1.807, 2.05) is 6.26 Å². The molecule has 1 aromatic carbocycles. The van der Waals surface area contributed by atoms with Crippen LogP contribution in [0.2, 0.25) is 0 Å². The molecule has 2 atom stereocenters. The van der Waals surface area contributed by atoms with Gasteiger partial charge in [0.1, 0.15) is 16.9 Å². The molecule has 158 valence electrons. The van der Waals surface area contributed by atoms with Crippen molar-refractivity contribution in [3.63, 3.8) is 0 Å². The Kier molecular flexibility index (Phi) is 6.84. The Bertz CT molecular complexity index is 963. The Morgan fingerprint density at radius 3 is 2.63 bits per heavy atom. The van der Waals surface area contributed by atoms with Gasteiger partial charge in [0.2, 0.25) is 5.91 Å². The summed E-state index contributed by atoms with van der Waals surface area (Å²) in [6.45, 7) is -0.489. The number of benzene rings is 1. The second-order valence-corrected chi connectivity index (χ2v) is 9.23. The Balaban J connectivity index is 1.92.